The number of amides is 2. The summed E-state index contributed by atoms with van der Waals surface area (Å²) >= 11 is 0. The van der Waals surface area contributed by atoms with Gasteiger partial charge in [-0.25, -0.2) is 10.3 Å². The van der Waals surface area contributed by atoms with E-state index in [-0.39, 0.29) is 25.2 Å². The number of carbonyl (C=O) groups is 3. The third-order valence-corrected chi connectivity index (χ3v) is 4.03. The number of methoxy groups -OCH3 is 1. The summed E-state index contributed by atoms with van der Waals surface area (Å²) in [6.07, 6.45) is -0.00513. The molecule has 0 fully saturated rings. The molecule has 2 rings (SSSR count). The summed E-state index contributed by atoms with van der Waals surface area (Å²) in [6.45, 7) is 0. The van der Waals surface area contributed by atoms with Crippen LogP contribution in [0, 0.1) is 0 Å². The van der Waals surface area contributed by atoms with E-state index in [2.05, 4.69) is 10.1 Å². The smallest absolute Gasteiger partial charge is 0.328 e. The first-order valence-electron chi connectivity index (χ1n) is 8.48. The van der Waals surface area contributed by atoms with E-state index < -0.39 is 17.9 Å². The lowest BCUT2D eigenvalue weighted by atomic mass is 10.0. The lowest BCUT2D eigenvalue weighted by molar-refractivity contribution is -0.145. The molecule has 0 bridgehead atoms. The van der Waals surface area contributed by atoms with Gasteiger partial charge in [-0.05, 0) is 23.1 Å². The molecular weight excluding hydrogens is 348 g/mol. The van der Waals surface area contributed by atoms with Gasteiger partial charge in [0.05, 0.1) is 13.5 Å². The van der Waals surface area contributed by atoms with Crippen molar-refractivity contribution in [3.63, 3.8) is 0 Å². The molecule has 0 spiro atoms. The molecule has 0 aliphatic carbocycles. The van der Waals surface area contributed by atoms with Crippen LogP contribution in [0.5, 0.6) is 0 Å². The van der Waals surface area contributed by atoms with Gasteiger partial charge in [0.2, 0.25) is 11.8 Å². The van der Waals surface area contributed by atoms with E-state index in [0.717, 1.165) is 16.7 Å². The van der Waals surface area contributed by atoms with E-state index in [1.54, 1.807) is 0 Å². The van der Waals surface area contributed by atoms with Crippen molar-refractivity contribution in [1.29, 1.82) is 0 Å². The number of nitrogens with one attached hydrogen (secondary N) is 2. The van der Waals surface area contributed by atoms with E-state index >= 15 is 0 Å². The summed E-state index contributed by atoms with van der Waals surface area (Å²) in [4.78, 5) is 35.1. The molecule has 0 heterocycles. The maximum Gasteiger partial charge on any atom is 0.328 e. The van der Waals surface area contributed by atoms with Crippen LogP contribution >= 0.6 is 0 Å². The fraction of sp³-hybridized carbons (Fsp3) is 0.250. The van der Waals surface area contributed by atoms with Crippen molar-refractivity contribution in [2.24, 2.45) is 0 Å². The van der Waals surface area contributed by atoms with Crippen molar-refractivity contribution in [3.8, 4) is 11.1 Å². The summed E-state index contributed by atoms with van der Waals surface area (Å²) in [5, 5.41) is 11.1. The fourth-order valence-corrected chi connectivity index (χ4v) is 2.60. The predicted octanol–water partition coefficient (Wildman–Crippen LogP) is 1.84. The topological polar surface area (TPSA) is 105 Å². The van der Waals surface area contributed by atoms with Gasteiger partial charge >= 0.3 is 5.97 Å². The number of hydrogen-bond acceptors (Lipinski definition) is 5. The van der Waals surface area contributed by atoms with Crippen LogP contribution in [-0.2, 0) is 25.5 Å². The molecule has 0 aliphatic rings. The van der Waals surface area contributed by atoms with Gasteiger partial charge in [-0.2, -0.15) is 0 Å². The molecular formula is C20H22N2O5. The fourth-order valence-electron chi connectivity index (χ4n) is 2.60. The van der Waals surface area contributed by atoms with Gasteiger partial charge in [0, 0.05) is 6.42 Å². The van der Waals surface area contributed by atoms with E-state index in [4.69, 9.17) is 5.21 Å². The van der Waals surface area contributed by atoms with Crippen LogP contribution in [0.15, 0.2) is 54.6 Å². The molecule has 1 atom stereocenters. The molecule has 0 saturated heterocycles. The Hall–Kier alpha value is -3.19. The van der Waals surface area contributed by atoms with E-state index in [0.29, 0.717) is 0 Å². The Balaban J connectivity index is 1.96. The number of ether oxygens (including phenoxy) is 1. The number of hydroxylamine groups is 1. The monoisotopic (exact) mass is 370 g/mol. The third kappa shape index (κ3) is 6.23. The molecule has 142 valence electrons. The first-order chi connectivity index (χ1) is 13.0. The summed E-state index contributed by atoms with van der Waals surface area (Å²) in [6, 6.07) is 16.5. The van der Waals surface area contributed by atoms with Crippen molar-refractivity contribution >= 4 is 17.8 Å². The van der Waals surface area contributed by atoms with Crippen LogP contribution in [0.2, 0.25) is 0 Å². The first-order valence-corrected chi connectivity index (χ1v) is 8.48. The Morgan fingerprint density at radius 1 is 0.963 bits per heavy atom. The van der Waals surface area contributed by atoms with Crippen molar-refractivity contribution in [2.45, 2.75) is 25.3 Å². The van der Waals surface area contributed by atoms with E-state index in [1.807, 2.05) is 54.6 Å². The first kappa shape index (κ1) is 20.1. The second-order valence-corrected chi connectivity index (χ2v) is 5.96. The maximum absolute atomic E-state index is 12.2. The highest BCUT2D eigenvalue weighted by molar-refractivity contribution is 5.86. The minimum Gasteiger partial charge on any atom is -0.467 e. The molecule has 7 nitrogen and oxygen atoms in total. The Labute approximate surface area is 157 Å². The molecule has 2 aromatic carbocycles. The van der Waals surface area contributed by atoms with Gasteiger partial charge in [0.15, 0.2) is 0 Å². The average molecular weight is 370 g/mol. The highest BCUT2D eigenvalue weighted by atomic mass is 16.5. The van der Waals surface area contributed by atoms with Crippen LogP contribution in [0.3, 0.4) is 0 Å². The van der Waals surface area contributed by atoms with Crippen molar-refractivity contribution in [1.82, 2.24) is 10.8 Å². The molecule has 27 heavy (non-hydrogen) atoms. The molecule has 2 amide bonds. The Kier molecular flexibility index (Phi) is 7.51. The number of carbonyl (C=O) groups excluding carboxylic acids is 3. The van der Waals surface area contributed by atoms with Crippen LogP contribution < -0.4 is 10.8 Å². The van der Waals surface area contributed by atoms with Crippen molar-refractivity contribution in [3.05, 3.63) is 60.2 Å². The van der Waals surface area contributed by atoms with Gasteiger partial charge in [-0.15, -0.1) is 0 Å². The van der Waals surface area contributed by atoms with Gasteiger partial charge in [-0.3, -0.25) is 14.8 Å². The Morgan fingerprint density at radius 2 is 1.59 bits per heavy atom. The normalized spacial score (nSPS) is 11.3. The minimum atomic E-state index is -0.955. The molecule has 0 radical (unpaired) electrons. The molecule has 3 N–H and O–H groups in total. The van der Waals surface area contributed by atoms with Gasteiger partial charge in [0.25, 0.3) is 0 Å². The van der Waals surface area contributed by atoms with Crippen LogP contribution in [0.1, 0.15) is 18.4 Å². The molecule has 0 unspecified atom stereocenters. The highest BCUT2D eigenvalue weighted by Crippen LogP contribution is 2.19. The van der Waals surface area contributed by atoms with Crippen LogP contribution in [0.4, 0.5) is 0 Å². The van der Waals surface area contributed by atoms with Crippen molar-refractivity contribution in [2.75, 3.05) is 7.11 Å². The zero-order chi connectivity index (χ0) is 19.6. The molecule has 0 saturated carbocycles. The minimum absolute atomic E-state index is 0.0255. The van der Waals surface area contributed by atoms with Crippen molar-refractivity contribution < 1.29 is 24.3 Å². The Morgan fingerprint density at radius 3 is 2.19 bits per heavy atom. The van der Waals surface area contributed by atoms with E-state index in [1.165, 1.54) is 12.6 Å². The largest absolute Gasteiger partial charge is 0.467 e. The summed E-state index contributed by atoms with van der Waals surface area (Å²) in [5.74, 6) is -1.65. The second-order valence-electron chi connectivity index (χ2n) is 5.96. The summed E-state index contributed by atoms with van der Waals surface area (Å²) in [7, 11) is 1.20. The molecule has 2 aromatic rings. The molecule has 0 aliphatic heterocycles. The lowest BCUT2D eigenvalue weighted by Gasteiger charge is -2.16. The maximum atomic E-state index is 12.2. The highest BCUT2D eigenvalue weighted by Gasteiger charge is 2.22. The molecule has 0 aromatic heterocycles. The second kappa shape index (κ2) is 10.1. The summed E-state index contributed by atoms with van der Waals surface area (Å²) in [5.41, 5.74) is 4.41. The SMILES string of the molecule is COC(=O)[C@H](CCC(=O)NO)NC(=O)Cc1ccc(-c2ccccc2)cc1. The van der Waals surface area contributed by atoms with Crippen LogP contribution in [-0.4, -0.2) is 36.1 Å². The van der Waals surface area contributed by atoms with Gasteiger partial charge in [0.1, 0.15) is 6.04 Å². The van der Waals surface area contributed by atoms with Gasteiger partial charge < -0.3 is 10.1 Å². The number of rotatable bonds is 8. The summed E-state index contributed by atoms with van der Waals surface area (Å²) < 4.78 is 4.65. The number of esters is 1. The van der Waals surface area contributed by atoms with Crippen LogP contribution in [0.25, 0.3) is 11.1 Å². The Bertz CT molecular complexity index is 775. The predicted molar refractivity (Wildman–Crippen MR) is 98.7 cm³/mol. The quantitative estimate of drug-likeness (QED) is 0.374. The lowest BCUT2D eigenvalue weighted by Crippen LogP contribution is -2.42. The average Bonchev–Trinajstić information content (AvgIpc) is 2.71. The van der Waals surface area contributed by atoms with E-state index in [9.17, 15) is 14.4 Å². The molecule has 7 heteroatoms. The third-order valence-electron chi connectivity index (χ3n) is 4.03. The zero-order valence-corrected chi connectivity index (χ0v) is 15.0. The van der Waals surface area contributed by atoms with Gasteiger partial charge in [-0.1, -0.05) is 54.6 Å². The zero-order valence-electron chi connectivity index (χ0n) is 15.0. The number of hydrogen-bond donors (Lipinski definition) is 3. The standard InChI is InChI=1S/C20H22N2O5/c1-27-20(25)17(11-12-18(23)22-26)21-19(24)13-14-7-9-16(10-8-14)15-5-3-2-4-6-15/h2-10,17,26H,11-13H2,1H3,(H,21,24)(H,22,23)/t17-/m0/s1. The number of benzene rings is 2.